The molecule has 0 radical (unpaired) electrons. The van der Waals surface area contributed by atoms with Gasteiger partial charge in [0.1, 0.15) is 5.75 Å². The highest BCUT2D eigenvalue weighted by Gasteiger charge is 2.37. The Bertz CT molecular complexity index is 955. The first-order valence-electron chi connectivity index (χ1n) is 9.81. The molecule has 1 aliphatic rings. The Morgan fingerprint density at radius 1 is 1.10 bits per heavy atom. The van der Waals surface area contributed by atoms with Crippen LogP contribution in [0.15, 0.2) is 42.5 Å². The smallest absolute Gasteiger partial charge is 0.312 e. The highest BCUT2D eigenvalue weighted by atomic mass is 16.5. The third kappa shape index (κ3) is 4.79. The monoisotopic (exact) mass is 410 g/mol. The number of aryl methyl sites for hydroxylation is 2. The van der Waals surface area contributed by atoms with E-state index in [1.807, 2.05) is 44.2 Å². The summed E-state index contributed by atoms with van der Waals surface area (Å²) < 4.78 is 10.6. The molecule has 0 bridgehead atoms. The molecular weight excluding hydrogens is 384 g/mol. The van der Waals surface area contributed by atoms with Crippen LogP contribution in [0.4, 0.5) is 11.4 Å². The van der Waals surface area contributed by atoms with Gasteiger partial charge in [-0.05, 0) is 50.6 Å². The minimum atomic E-state index is -1.01. The van der Waals surface area contributed by atoms with E-state index in [9.17, 15) is 14.4 Å². The van der Waals surface area contributed by atoms with Crippen molar-refractivity contribution in [2.75, 3.05) is 23.9 Å². The highest BCUT2D eigenvalue weighted by molar-refractivity contribution is 6.00. The fourth-order valence-electron chi connectivity index (χ4n) is 3.32. The van der Waals surface area contributed by atoms with E-state index in [4.69, 9.17) is 9.47 Å². The van der Waals surface area contributed by atoms with Gasteiger partial charge in [0, 0.05) is 18.7 Å². The number of hydrogen-bond acceptors (Lipinski definition) is 5. The molecule has 1 aliphatic heterocycles. The number of nitrogens with zero attached hydrogens (tertiary/aromatic N) is 1. The van der Waals surface area contributed by atoms with Crippen molar-refractivity contribution >= 4 is 29.2 Å². The second kappa shape index (κ2) is 8.98. The fraction of sp³-hybridized carbons (Fsp3) is 0.348. The highest BCUT2D eigenvalue weighted by Crippen LogP contribution is 2.27. The lowest BCUT2D eigenvalue weighted by atomic mass is 10.1. The molecule has 2 amide bonds. The first-order chi connectivity index (χ1) is 14.3. The topological polar surface area (TPSA) is 84.9 Å². The number of nitrogens with one attached hydrogen (secondary N) is 1. The van der Waals surface area contributed by atoms with Crippen LogP contribution in [0.2, 0.25) is 0 Å². The normalized spacial score (nSPS) is 16.9. The number of hydrogen-bond donors (Lipinski definition) is 1. The van der Waals surface area contributed by atoms with Crippen LogP contribution < -0.4 is 15.0 Å². The van der Waals surface area contributed by atoms with Crippen LogP contribution in [0.25, 0.3) is 0 Å². The predicted molar refractivity (Wildman–Crippen MR) is 114 cm³/mol. The summed E-state index contributed by atoms with van der Waals surface area (Å²) in [6.45, 7) is 5.61. The van der Waals surface area contributed by atoms with Crippen molar-refractivity contribution in [3.05, 3.63) is 53.6 Å². The number of anilines is 2. The van der Waals surface area contributed by atoms with Crippen LogP contribution in [-0.4, -0.2) is 37.5 Å². The van der Waals surface area contributed by atoms with Crippen molar-refractivity contribution in [2.24, 2.45) is 5.92 Å². The molecule has 2 aromatic carbocycles. The molecule has 0 aliphatic carbocycles. The van der Waals surface area contributed by atoms with Crippen LogP contribution in [-0.2, 0) is 19.1 Å². The number of ether oxygens (including phenoxy) is 2. The van der Waals surface area contributed by atoms with E-state index in [0.717, 1.165) is 16.8 Å². The third-order valence-electron chi connectivity index (χ3n) is 5.08. The fourth-order valence-corrected chi connectivity index (χ4v) is 3.32. The third-order valence-corrected chi connectivity index (χ3v) is 5.08. The van der Waals surface area contributed by atoms with E-state index < -0.39 is 23.9 Å². The molecule has 3 rings (SSSR count). The Morgan fingerprint density at radius 2 is 1.77 bits per heavy atom. The van der Waals surface area contributed by atoms with Gasteiger partial charge >= 0.3 is 5.97 Å². The van der Waals surface area contributed by atoms with Crippen molar-refractivity contribution in [1.82, 2.24) is 0 Å². The summed E-state index contributed by atoms with van der Waals surface area (Å²) >= 11 is 0. The summed E-state index contributed by atoms with van der Waals surface area (Å²) in [5.74, 6) is -1.25. The molecular formula is C23H26N2O5. The largest absolute Gasteiger partial charge is 0.495 e. The molecule has 2 aromatic rings. The Hall–Kier alpha value is -3.35. The van der Waals surface area contributed by atoms with Gasteiger partial charge in [-0.3, -0.25) is 14.4 Å². The molecule has 0 spiro atoms. The molecule has 0 saturated carbocycles. The van der Waals surface area contributed by atoms with Gasteiger partial charge < -0.3 is 19.7 Å². The summed E-state index contributed by atoms with van der Waals surface area (Å²) in [5.41, 5.74) is 3.30. The lowest BCUT2D eigenvalue weighted by Crippen LogP contribution is -2.33. The maximum atomic E-state index is 12.6. The minimum absolute atomic E-state index is 0.0623. The van der Waals surface area contributed by atoms with Crippen LogP contribution >= 0.6 is 0 Å². The molecule has 1 N–H and O–H groups in total. The van der Waals surface area contributed by atoms with Gasteiger partial charge in [0.15, 0.2) is 6.10 Å². The van der Waals surface area contributed by atoms with Crippen molar-refractivity contribution in [3.8, 4) is 5.75 Å². The zero-order valence-corrected chi connectivity index (χ0v) is 17.6. The molecule has 158 valence electrons. The van der Waals surface area contributed by atoms with Crippen molar-refractivity contribution in [3.63, 3.8) is 0 Å². The SMILES string of the molecule is COc1ccc(C)cc1NC(=O)[C@H](C)OC(=O)[C@@H]1CC(=O)N(c2ccc(C)cc2)C1. The van der Waals surface area contributed by atoms with Crippen LogP contribution in [0, 0.1) is 19.8 Å². The molecule has 30 heavy (non-hydrogen) atoms. The predicted octanol–water partition coefficient (Wildman–Crippen LogP) is 3.24. The zero-order valence-electron chi connectivity index (χ0n) is 17.6. The van der Waals surface area contributed by atoms with Gasteiger partial charge in [-0.1, -0.05) is 23.8 Å². The Labute approximate surface area is 176 Å². The molecule has 1 saturated heterocycles. The molecule has 1 heterocycles. The number of carbonyl (C=O) groups is 3. The van der Waals surface area contributed by atoms with Gasteiger partial charge in [-0.25, -0.2) is 0 Å². The van der Waals surface area contributed by atoms with Crippen molar-refractivity contribution < 1.29 is 23.9 Å². The molecule has 7 nitrogen and oxygen atoms in total. The van der Waals surface area contributed by atoms with Crippen LogP contribution in [0.1, 0.15) is 24.5 Å². The van der Waals surface area contributed by atoms with Crippen LogP contribution in [0.3, 0.4) is 0 Å². The van der Waals surface area contributed by atoms with E-state index in [0.29, 0.717) is 11.4 Å². The maximum absolute atomic E-state index is 12.6. The van der Waals surface area contributed by atoms with Gasteiger partial charge in [-0.2, -0.15) is 0 Å². The minimum Gasteiger partial charge on any atom is -0.495 e. The number of rotatable bonds is 6. The van der Waals surface area contributed by atoms with Crippen LogP contribution in [0.5, 0.6) is 5.75 Å². The summed E-state index contributed by atoms with van der Waals surface area (Å²) in [5, 5.41) is 2.73. The van der Waals surface area contributed by atoms with E-state index in [1.165, 1.54) is 14.0 Å². The Kier molecular flexibility index (Phi) is 6.40. The van der Waals surface area contributed by atoms with E-state index in [1.54, 1.807) is 17.0 Å². The number of benzene rings is 2. The second-order valence-electron chi connectivity index (χ2n) is 7.51. The average Bonchev–Trinajstić information content (AvgIpc) is 3.10. The quantitative estimate of drug-likeness (QED) is 0.739. The zero-order chi connectivity index (χ0) is 21.8. The van der Waals surface area contributed by atoms with Gasteiger partial charge in [0.2, 0.25) is 5.91 Å². The van der Waals surface area contributed by atoms with E-state index >= 15 is 0 Å². The standard InChI is InChI=1S/C23H26N2O5/c1-14-5-8-18(9-6-14)25-13-17(12-21(25)26)23(28)30-16(3)22(27)24-19-11-15(2)7-10-20(19)29-4/h5-11,16-17H,12-13H2,1-4H3,(H,24,27)/t16-,17+/m0/s1. The Morgan fingerprint density at radius 3 is 2.43 bits per heavy atom. The average molecular weight is 410 g/mol. The number of amides is 2. The lowest BCUT2D eigenvalue weighted by molar-refractivity contribution is -0.157. The van der Waals surface area contributed by atoms with Gasteiger partial charge in [0.05, 0.1) is 18.7 Å². The molecule has 7 heteroatoms. The summed E-state index contributed by atoms with van der Waals surface area (Å²) in [4.78, 5) is 39.0. The Balaban J connectivity index is 1.60. The first kappa shape index (κ1) is 21.4. The lowest BCUT2D eigenvalue weighted by Gasteiger charge is -2.18. The number of esters is 1. The molecule has 0 unspecified atom stereocenters. The second-order valence-corrected chi connectivity index (χ2v) is 7.51. The molecule has 2 atom stereocenters. The number of carbonyl (C=O) groups excluding carboxylic acids is 3. The van der Waals surface area contributed by atoms with E-state index in [-0.39, 0.29) is 18.9 Å². The first-order valence-corrected chi connectivity index (χ1v) is 9.81. The summed E-state index contributed by atoms with van der Waals surface area (Å²) in [6, 6.07) is 12.9. The number of methoxy groups -OCH3 is 1. The molecule has 0 aromatic heterocycles. The summed E-state index contributed by atoms with van der Waals surface area (Å²) in [7, 11) is 1.51. The summed E-state index contributed by atoms with van der Waals surface area (Å²) in [6.07, 6.45) is -0.946. The van der Waals surface area contributed by atoms with E-state index in [2.05, 4.69) is 5.32 Å². The van der Waals surface area contributed by atoms with Crippen molar-refractivity contribution in [2.45, 2.75) is 33.3 Å². The van der Waals surface area contributed by atoms with Gasteiger partial charge in [-0.15, -0.1) is 0 Å². The maximum Gasteiger partial charge on any atom is 0.312 e. The molecule has 1 fully saturated rings. The van der Waals surface area contributed by atoms with Gasteiger partial charge in [0.25, 0.3) is 5.91 Å². The van der Waals surface area contributed by atoms with Crippen molar-refractivity contribution in [1.29, 1.82) is 0 Å².